The molecular formula is C21H20N2O3. The summed E-state index contributed by atoms with van der Waals surface area (Å²) in [5, 5.41) is 16.0. The Labute approximate surface area is 151 Å². The van der Waals surface area contributed by atoms with Crippen LogP contribution in [0.1, 0.15) is 40.3 Å². The topological polar surface area (TPSA) is 74.8 Å². The highest BCUT2D eigenvalue weighted by Gasteiger charge is 2.26. The summed E-state index contributed by atoms with van der Waals surface area (Å²) >= 11 is 0. The number of aromatic hydroxyl groups is 1. The number of aryl methyl sites for hydroxylation is 2. The average molecular weight is 348 g/mol. The minimum absolute atomic E-state index is 0.0808. The van der Waals surface area contributed by atoms with Crippen molar-refractivity contribution in [2.75, 3.05) is 0 Å². The molecular weight excluding hydrogens is 328 g/mol. The van der Waals surface area contributed by atoms with Gasteiger partial charge in [-0.3, -0.25) is 0 Å². The lowest BCUT2D eigenvalue weighted by atomic mass is 9.93. The molecule has 1 atom stereocenters. The van der Waals surface area contributed by atoms with Crippen LogP contribution in [0.2, 0.25) is 0 Å². The molecule has 0 amide bonds. The normalized spacial score (nSPS) is 16.6. The smallest absolute Gasteiger partial charge is 0.339 e. The lowest BCUT2D eigenvalue weighted by Gasteiger charge is -2.14. The first-order valence-corrected chi connectivity index (χ1v) is 8.61. The van der Waals surface area contributed by atoms with Crippen molar-refractivity contribution in [3.63, 3.8) is 0 Å². The van der Waals surface area contributed by atoms with Gasteiger partial charge in [0.05, 0.1) is 17.1 Å². The van der Waals surface area contributed by atoms with Gasteiger partial charge < -0.3 is 14.9 Å². The summed E-state index contributed by atoms with van der Waals surface area (Å²) in [6, 6.07) is 12.0. The monoisotopic (exact) mass is 348 g/mol. The van der Waals surface area contributed by atoms with Crippen LogP contribution >= 0.6 is 0 Å². The second-order valence-corrected chi connectivity index (χ2v) is 6.78. The van der Waals surface area contributed by atoms with Gasteiger partial charge in [-0.2, -0.15) is 5.10 Å². The van der Waals surface area contributed by atoms with E-state index in [9.17, 15) is 9.90 Å². The van der Waals surface area contributed by atoms with E-state index < -0.39 is 0 Å². The van der Waals surface area contributed by atoms with Gasteiger partial charge in [0.15, 0.2) is 0 Å². The highest BCUT2D eigenvalue weighted by molar-refractivity contribution is 6.09. The number of hydrogen-bond donors (Lipinski definition) is 2. The summed E-state index contributed by atoms with van der Waals surface area (Å²) in [7, 11) is 0. The largest absolute Gasteiger partial charge is 0.506 e. The Morgan fingerprint density at radius 1 is 1.15 bits per heavy atom. The van der Waals surface area contributed by atoms with Crippen molar-refractivity contribution in [3.8, 4) is 5.75 Å². The second kappa shape index (κ2) is 6.02. The SMILES string of the molecule is Cc1cc2oc(=O)c(C)c(C)c2c(O)c1C1=NNC(c2ccccc2)C1. The Morgan fingerprint density at radius 2 is 1.88 bits per heavy atom. The molecule has 1 aliphatic rings. The number of hydrazone groups is 1. The van der Waals surface area contributed by atoms with Crippen molar-refractivity contribution in [2.45, 2.75) is 33.2 Å². The maximum absolute atomic E-state index is 11.9. The van der Waals surface area contributed by atoms with Gasteiger partial charge in [0.2, 0.25) is 0 Å². The van der Waals surface area contributed by atoms with Gasteiger partial charge >= 0.3 is 5.63 Å². The molecule has 0 radical (unpaired) electrons. The van der Waals surface area contributed by atoms with E-state index in [1.54, 1.807) is 13.0 Å². The zero-order valence-electron chi connectivity index (χ0n) is 15.0. The molecule has 0 spiro atoms. The number of fused-ring (bicyclic) bond motifs is 1. The number of phenolic OH excluding ortho intramolecular Hbond substituents is 1. The van der Waals surface area contributed by atoms with E-state index in [1.165, 1.54) is 0 Å². The van der Waals surface area contributed by atoms with E-state index in [1.807, 2.05) is 32.0 Å². The second-order valence-electron chi connectivity index (χ2n) is 6.78. The van der Waals surface area contributed by atoms with Crippen molar-refractivity contribution >= 4 is 16.7 Å². The molecule has 1 aromatic heterocycles. The number of nitrogens with zero attached hydrogens (tertiary/aromatic N) is 1. The molecule has 3 aromatic rings. The van der Waals surface area contributed by atoms with Crippen LogP contribution in [0, 0.1) is 20.8 Å². The van der Waals surface area contributed by atoms with Gasteiger partial charge in [-0.1, -0.05) is 30.3 Å². The molecule has 2 aromatic carbocycles. The Hall–Kier alpha value is -3.08. The van der Waals surface area contributed by atoms with Gasteiger partial charge in [-0.05, 0) is 43.5 Å². The van der Waals surface area contributed by atoms with E-state index in [4.69, 9.17) is 4.42 Å². The summed E-state index contributed by atoms with van der Waals surface area (Å²) in [5.41, 5.74) is 7.94. The maximum atomic E-state index is 11.9. The van der Waals surface area contributed by atoms with Crippen LogP contribution in [-0.2, 0) is 0 Å². The van der Waals surface area contributed by atoms with Gasteiger partial charge in [0.25, 0.3) is 0 Å². The first-order valence-electron chi connectivity index (χ1n) is 8.61. The molecule has 0 saturated carbocycles. The molecule has 5 nitrogen and oxygen atoms in total. The van der Waals surface area contributed by atoms with Crippen LogP contribution < -0.4 is 11.1 Å². The van der Waals surface area contributed by atoms with Crippen LogP contribution in [0.25, 0.3) is 11.0 Å². The molecule has 1 aliphatic heterocycles. The molecule has 0 saturated heterocycles. The van der Waals surface area contributed by atoms with Gasteiger partial charge in [0.1, 0.15) is 11.3 Å². The number of hydrogen-bond acceptors (Lipinski definition) is 5. The third-order valence-electron chi connectivity index (χ3n) is 5.15. The van der Waals surface area contributed by atoms with Crippen molar-refractivity contribution in [1.82, 2.24) is 5.43 Å². The van der Waals surface area contributed by atoms with Gasteiger partial charge in [-0.15, -0.1) is 0 Å². The number of nitrogens with one attached hydrogen (secondary N) is 1. The van der Waals surface area contributed by atoms with Crippen LogP contribution in [0.3, 0.4) is 0 Å². The van der Waals surface area contributed by atoms with Crippen LogP contribution in [0.5, 0.6) is 5.75 Å². The Morgan fingerprint density at radius 3 is 2.62 bits per heavy atom. The van der Waals surface area contributed by atoms with Gasteiger partial charge in [0, 0.05) is 17.5 Å². The molecule has 2 N–H and O–H groups in total. The first-order chi connectivity index (χ1) is 12.5. The van der Waals surface area contributed by atoms with E-state index in [-0.39, 0.29) is 17.4 Å². The van der Waals surface area contributed by atoms with Crippen molar-refractivity contribution in [1.29, 1.82) is 0 Å². The number of phenols is 1. The van der Waals surface area contributed by atoms with E-state index >= 15 is 0 Å². The minimum Gasteiger partial charge on any atom is -0.506 e. The van der Waals surface area contributed by atoms with Crippen LogP contribution in [0.15, 0.2) is 50.7 Å². The van der Waals surface area contributed by atoms with Crippen LogP contribution in [0.4, 0.5) is 0 Å². The highest BCUT2D eigenvalue weighted by atomic mass is 16.4. The molecule has 0 bridgehead atoms. The third-order valence-corrected chi connectivity index (χ3v) is 5.15. The first kappa shape index (κ1) is 16.4. The van der Waals surface area contributed by atoms with E-state index in [2.05, 4.69) is 22.7 Å². The Balaban J connectivity index is 1.82. The van der Waals surface area contributed by atoms with E-state index in [0.717, 1.165) is 22.4 Å². The Bertz CT molecular complexity index is 1100. The summed E-state index contributed by atoms with van der Waals surface area (Å²) in [4.78, 5) is 11.9. The molecule has 0 fully saturated rings. The van der Waals surface area contributed by atoms with Crippen molar-refractivity contribution in [3.05, 3.63) is 74.6 Å². The quantitative estimate of drug-likeness (QED) is 0.690. The summed E-state index contributed by atoms with van der Waals surface area (Å²) < 4.78 is 5.37. The molecule has 2 heterocycles. The summed E-state index contributed by atoms with van der Waals surface area (Å²) in [5.74, 6) is 0.124. The number of benzene rings is 2. The molecule has 1 unspecified atom stereocenters. The van der Waals surface area contributed by atoms with Gasteiger partial charge in [-0.25, -0.2) is 4.79 Å². The fourth-order valence-electron chi connectivity index (χ4n) is 3.57. The average Bonchev–Trinajstić information content (AvgIpc) is 3.10. The zero-order valence-corrected chi connectivity index (χ0v) is 15.0. The van der Waals surface area contributed by atoms with E-state index in [0.29, 0.717) is 28.5 Å². The standard InChI is InChI=1S/C21H20N2O3/c1-11-9-17-19(12(2)13(3)21(25)26-17)20(24)18(11)16-10-15(22-23-16)14-7-5-4-6-8-14/h4-9,15,22,24H,10H2,1-3H3. The highest BCUT2D eigenvalue weighted by Crippen LogP contribution is 2.37. The molecule has 132 valence electrons. The van der Waals surface area contributed by atoms with Crippen molar-refractivity contribution < 1.29 is 9.52 Å². The summed E-state index contributed by atoms with van der Waals surface area (Å²) in [6.07, 6.45) is 0.679. The lowest BCUT2D eigenvalue weighted by molar-refractivity contribution is 0.476. The molecule has 4 rings (SSSR count). The molecule has 26 heavy (non-hydrogen) atoms. The predicted molar refractivity (Wildman–Crippen MR) is 102 cm³/mol. The minimum atomic E-state index is -0.370. The zero-order chi connectivity index (χ0) is 18.4. The van der Waals surface area contributed by atoms with Crippen LogP contribution in [-0.4, -0.2) is 10.8 Å². The molecule has 0 aliphatic carbocycles. The fraction of sp³-hybridized carbons (Fsp3) is 0.238. The third kappa shape index (κ3) is 2.47. The number of rotatable bonds is 2. The maximum Gasteiger partial charge on any atom is 0.339 e. The predicted octanol–water partition coefficient (Wildman–Crippen LogP) is 3.86. The van der Waals surface area contributed by atoms with Crippen molar-refractivity contribution in [2.24, 2.45) is 5.10 Å². The lowest BCUT2D eigenvalue weighted by Crippen LogP contribution is -2.10. The molecule has 5 heteroatoms. The fourth-order valence-corrected chi connectivity index (χ4v) is 3.57. The Kier molecular flexibility index (Phi) is 3.80. The summed E-state index contributed by atoms with van der Waals surface area (Å²) in [6.45, 7) is 5.43.